The molecule has 0 atom stereocenters. The predicted octanol–water partition coefficient (Wildman–Crippen LogP) is 3.86. The fraction of sp³-hybridized carbons (Fsp3) is 0.261. The van der Waals surface area contributed by atoms with Gasteiger partial charge in [-0.1, -0.05) is 48.5 Å². The van der Waals surface area contributed by atoms with Gasteiger partial charge < -0.3 is 4.90 Å². The molecule has 1 fully saturated rings. The van der Waals surface area contributed by atoms with Gasteiger partial charge in [0.1, 0.15) is 0 Å². The monoisotopic (exact) mass is 440 g/mol. The zero-order valence-electron chi connectivity index (χ0n) is 16.6. The zero-order valence-corrected chi connectivity index (χ0v) is 18.2. The van der Waals surface area contributed by atoms with Crippen LogP contribution in [0.4, 0.5) is 0 Å². The van der Waals surface area contributed by atoms with Crippen LogP contribution >= 0.6 is 11.8 Å². The summed E-state index contributed by atoms with van der Waals surface area (Å²) in [6, 6.07) is 23.0. The Morgan fingerprint density at radius 2 is 1.50 bits per heavy atom. The van der Waals surface area contributed by atoms with Crippen molar-refractivity contribution in [1.82, 2.24) is 9.21 Å². The van der Waals surface area contributed by atoms with Crippen LogP contribution in [0.3, 0.4) is 0 Å². The van der Waals surface area contributed by atoms with E-state index in [1.807, 2.05) is 60.7 Å². The molecule has 3 aromatic carbocycles. The fourth-order valence-electron chi connectivity index (χ4n) is 3.59. The number of nitrogens with zero attached hydrogens (tertiary/aromatic N) is 2. The van der Waals surface area contributed by atoms with E-state index < -0.39 is 10.0 Å². The number of fused-ring (bicyclic) bond motifs is 1. The van der Waals surface area contributed by atoms with Crippen molar-refractivity contribution in [3.63, 3.8) is 0 Å². The maximum atomic E-state index is 13.1. The quantitative estimate of drug-likeness (QED) is 0.546. The van der Waals surface area contributed by atoms with E-state index >= 15 is 0 Å². The second-order valence-corrected chi connectivity index (χ2v) is 10.3. The molecule has 0 radical (unpaired) electrons. The molecule has 0 N–H and O–H groups in total. The van der Waals surface area contributed by atoms with Crippen LogP contribution in [0.1, 0.15) is 6.42 Å². The van der Waals surface area contributed by atoms with E-state index in [1.165, 1.54) is 4.31 Å². The number of hydrogen-bond donors (Lipinski definition) is 0. The van der Waals surface area contributed by atoms with Gasteiger partial charge in [0.15, 0.2) is 0 Å². The van der Waals surface area contributed by atoms with Gasteiger partial charge in [-0.2, -0.15) is 4.31 Å². The van der Waals surface area contributed by atoms with Crippen LogP contribution in [0.5, 0.6) is 0 Å². The lowest BCUT2D eigenvalue weighted by Crippen LogP contribution is -2.50. The summed E-state index contributed by atoms with van der Waals surface area (Å²) in [5.41, 5.74) is 0. The van der Waals surface area contributed by atoms with Crippen LogP contribution in [0, 0.1) is 0 Å². The summed E-state index contributed by atoms with van der Waals surface area (Å²) in [5, 5.41) is 1.92. The lowest BCUT2D eigenvalue weighted by Gasteiger charge is -2.34. The first kappa shape index (κ1) is 20.9. The smallest absolute Gasteiger partial charge is 0.243 e. The first-order valence-electron chi connectivity index (χ1n) is 9.99. The average molecular weight is 441 g/mol. The van der Waals surface area contributed by atoms with Gasteiger partial charge in [-0.25, -0.2) is 8.42 Å². The van der Waals surface area contributed by atoms with Gasteiger partial charge in [0.2, 0.25) is 15.9 Å². The van der Waals surface area contributed by atoms with E-state index in [2.05, 4.69) is 0 Å². The highest BCUT2D eigenvalue weighted by Crippen LogP contribution is 2.23. The maximum absolute atomic E-state index is 13.1. The number of rotatable bonds is 6. The minimum atomic E-state index is -3.56. The molecule has 0 saturated carbocycles. The van der Waals surface area contributed by atoms with Crippen molar-refractivity contribution in [3.8, 4) is 0 Å². The van der Waals surface area contributed by atoms with Crippen molar-refractivity contribution in [1.29, 1.82) is 0 Å². The van der Waals surface area contributed by atoms with Crippen molar-refractivity contribution >= 4 is 38.5 Å². The summed E-state index contributed by atoms with van der Waals surface area (Å²) in [7, 11) is -3.56. The van der Waals surface area contributed by atoms with Crippen molar-refractivity contribution < 1.29 is 13.2 Å². The number of piperazine rings is 1. The van der Waals surface area contributed by atoms with E-state index in [-0.39, 0.29) is 5.91 Å². The van der Waals surface area contributed by atoms with Crippen LogP contribution in [0.2, 0.25) is 0 Å². The molecular formula is C23H24N2O3S2. The summed E-state index contributed by atoms with van der Waals surface area (Å²) in [4.78, 5) is 15.7. The standard InChI is InChI=1S/C23H24N2O3S2/c26-23(12-17-29-21-8-2-1-3-9-21)24-13-15-25(16-14-24)30(27,28)22-11-10-19-6-4-5-7-20(19)18-22/h1-11,18H,12-17H2. The van der Waals surface area contributed by atoms with Crippen molar-refractivity contribution in [2.45, 2.75) is 16.2 Å². The Hall–Kier alpha value is -2.35. The molecule has 1 heterocycles. The molecule has 0 unspecified atom stereocenters. The van der Waals surface area contributed by atoms with Crippen LogP contribution < -0.4 is 0 Å². The fourth-order valence-corrected chi connectivity index (χ4v) is 5.91. The number of thioether (sulfide) groups is 1. The Morgan fingerprint density at radius 1 is 0.833 bits per heavy atom. The Kier molecular flexibility index (Phi) is 6.41. The van der Waals surface area contributed by atoms with Crippen LogP contribution in [0.25, 0.3) is 10.8 Å². The minimum absolute atomic E-state index is 0.0844. The Labute approximate surface area is 181 Å². The van der Waals surface area contributed by atoms with Crippen LogP contribution in [-0.4, -0.2) is 55.5 Å². The van der Waals surface area contributed by atoms with E-state index in [4.69, 9.17) is 0 Å². The lowest BCUT2D eigenvalue weighted by molar-refractivity contribution is -0.131. The van der Waals surface area contributed by atoms with Gasteiger partial charge in [-0.15, -0.1) is 11.8 Å². The summed E-state index contributed by atoms with van der Waals surface area (Å²) in [5.74, 6) is 0.805. The third-order valence-electron chi connectivity index (χ3n) is 5.28. The average Bonchev–Trinajstić information content (AvgIpc) is 2.79. The molecule has 30 heavy (non-hydrogen) atoms. The SMILES string of the molecule is O=C(CCSc1ccccc1)N1CCN(S(=O)(=O)c2ccc3ccccc3c2)CC1. The second kappa shape index (κ2) is 9.20. The molecule has 0 aliphatic carbocycles. The van der Waals surface area contributed by atoms with Gasteiger partial charge in [0.25, 0.3) is 0 Å². The first-order valence-corrected chi connectivity index (χ1v) is 12.4. The number of sulfonamides is 1. The highest BCUT2D eigenvalue weighted by atomic mass is 32.2. The summed E-state index contributed by atoms with van der Waals surface area (Å²) in [6.07, 6.45) is 0.455. The lowest BCUT2D eigenvalue weighted by atomic mass is 10.1. The number of amides is 1. The molecule has 1 aliphatic heterocycles. The minimum Gasteiger partial charge on any atom is -0.340 e. The molecule has 0 bridgehead atoms. The van der Waals surface area contributed by atoms with Gasteiger partial charge >= 0.3 is 0 Å². The second-order valence-electron chi connectivity index (χ2n) is 7.21. The zero-order chi connectivity index (χ0) is 21.0. The molecule has 1 amide bonds. The van der Waals surface area contributed by atoms with Gasteiger partial charge in [-0.05, 0) is 35.0 Å². The van der Waals surface area contributed by atoms with Crippen molar-refractivity contribution in [3.05, 3.63) is 72.8 Å². The molecule has 4 rings (SSSR count). The van der Waals surface area contributed by atoms with E-state index in [0.29, 0.717) is 37.5 Å². The van der Waals surface area contributed by atoms with Crippen molar-refractivity contribution in [2.75, 3.05) is 31.9 Å². The molecule has 0 aromatic heterocycles. The summed E-state index contributed by atoms with van der Waals surface area (Å²) < 4.78 is 27.6. The largest absolute Gasteiger partial charge is 0.340 e. The number of carbonyl (C=O) groups excluding carboxylic acids is 1. The molecule has 1 aliphatic rings. The normalized spacial score (nSPS) is 15.4. The van der Waals surface area contributed by atoms with Gasteiger partial charge in [0, 0.05) is 43.2 Å². The molecular weight excluding hydrogens is 416 g/mol. The number of carbonyl (C=O) groups is 1. The Morgan fingerprint density at radius 3 is 2.23 bits per heavy atom. The number of benzene rings is 3. The Balaban J connectivity index is 1.33. The van der Waals surface area contributed by atoms with Gasteiger partial charge in [-0.3, -0.25) is 4.79 Å². The third-order valence-corrected chi connectivity index (χ3v) is 8.19. The third kappa shape index (κ3) is 4.69. The highest BCUT2D eigenvalue weighted by Gasteiger charge is 2.30. The predicted molar refractivity (Wildman–Crippen MR) is 121 cm³/mol. The maximum Gasteiger partial charge on any atom is 0.243 e. The highest BCUT2D eigenvalue weighted by molar-refractivity contribution is 7.99. The summed E-state index contributed by atoms with van der Waals surface area (Å²) in [6.45, 7) is 1.52. The molecule has 1 saturated heterocycles. The van der Waals surface area contributed by atoms with Crippen molar-refractivity contribution in [2.24, 2.45) is 0 Å². The molecule has 7 heteroatoms. The molecule has 3 aromatic rings. The van der Waals surface area contributed by atoms with Crippen LogP contribution in [0.15, 0.2) is 82.6 Å². The van der Waals surface area contributed by atoms with E-state index in [9.17, 15) is 13.2 Å². The molecule has 156 valence electrons. The summed E-state index contributed by atoms with van der Waals surface area (Å²) >= 11 is 1.66. The van der Waals surface area contributed by atoms with Crippen LogP contribution in [-0.2, 0) is 14.8 Å². The topological polar surface area (TPSA) is 57.7 Å². The first-order chi connectivity index (χ1) is 14.5. The molecule has 0 spiro atoms. The Bertz CT molecular complexity index is 1130. The molecule has 5 nitrogen and oxygen atoms in total. The van der Waals surface area contributed by atoms with Gasteiger partial charge in [0.05, 0.1) is 4.90 Å². The number of hydrogen-bond acceptors (Lipinski definition) is 4. The van der Waals surface area contributed by atoms with E-state index in [0.717, 1.165) is 21.4 Å². The van der Waals surface area contributed by atoms with E-state index in [1.54, 1.807) is 28.8 Å².